The van der Waals surface area contributed by atoms with Gasteiger partial charge in [0.1, 0.15) is 11.4 Å². The molecule has 0 amide bonds. The molecule has 206 valence electrons. The zero-order valence-electron chi connectivity index (χ0n) is 23.0. The molecule has 39 heavy (non-hydrogen) atoms. The summed E-state index contributed by atoms with van der Waals surface area (Å²) in [6.07, 6.45) is 1.51. The molecule has 1 spiro atoms. The molecule has 0 radical (unpaired) electrons. The van der Waals surface area contributed by atoms with Gasteiger partial charge in [-0.3, -0.25) is 4.90 Å². The quantitative estimate of drug-likeness (QED) is 0.487. The first-order chi connectivity index (χ1) is 18.0. The van der Waals surface area contributed by atoms with E-state index in [0.29, 0.717) is 31.8 Å². The second-order valence-corrected chi connectivity index (χ2v) is 11.1. The second-order valence-electron chi connectivity index (χ2n) is 11.1. The molecule has 1 aromatic carbocycles. The molecule has 1 unspecified atom stereocenters. The maximum absolute atomic E-state index is 13.7. The molecule has 0 N–H and O–H groups in total. The standard InChI is InChI=1S/C29H35F3N2O4.Na/c1-17(27(35)36)26(20-5-6-20)21-7-4-19-8-9-28(38-24(19)14-21)10-12-34(13-11-28)18(2)22-15-25(37-3)33-16-23(22)29(30,31)32;/h4,7,14-18,20,26H,5-6,8-13H2,1-3H3,(H,35,36);/q;+1/p-1/t17-,18?,26-;/m0./s1. The first-order valence-electron chi connectivity index (χ1n) is 13.4. The number of ether oxygens (including phenoxy) is 2. The fourth-order valence-corrected chi connectivity index (χ4v) is 6.31. The Morgan fingerprint density at radius 3 is 2.46 bits per heavy atom. The Labute approximate surface area is 249 Å². The summed E-state index contributed by atoms with van der Waals surface area (Å²) in [7, 11) is 1.39. The topological polar surface area (TPSA) is 74.7 Å². The van der Waals surface area contributed by atoms with Crippen molar-refractivity contribution in [3.8, 4) is 11.6 Å². The third kappa shape index (κ3) is 6.26. The Bertz CT molecular complexity index is 1200. The summed E-state index contributed by atoms with van der Waals surface area (Å²) in [5.41, 5.74) is 1.15. The Morgan fingerprint density at radius 1 is 1.18 bits per heavy atom. The number of methoxy groups -OCH3 is 1. The molecule has 6 nitrogen and oxygen atoms in total. The van der Waals surface area contributed by atoms with Crippen LogP contribution in [0.2, 0.25) is 0 Å². The van der Waals surface area contributed by atoms with Crippen molar-refractivity contribution < 1.29 is 62.1 Å². The molecule has 3 atom stereocenters. The van der Waals surface area contributed by atoms with E-state index < -0.39 is 29.7 Å². The molecule has 3 heterocycles. The number of fused-ring (bicyclic) bond motifs is 1. The van der Waals surface area contributed by atoms with E-state index in [0.717, 1.165) is 48.8 Å². The number of aliphatic carboxylic acids is 1. The number of carboxylic acid groups (broad SMARTS) is 1. The van der Waals surface area contributed by atoms with Gasteiger partial charge >= 0.3 is 35.7 Å². The predicted molar refractivity (Wildman–Crippen MR) is 133 cm³/mol. The van der Waals surface area contributed by atoms with Gasteiger partial charge in [-0.1, -0.05) is 19.1 Å². The van der Waals surface area contributed by atoms with Crippen LogP contribution in [0.3, 0.4) is 0 Å². The monoisotopic (exact) mass is 554 g/mol. The number of alkyl halides is 3. The van der Waals surface area contributed by atoms with Crippen LogP contribution in [0.5, 0.6) is 11.6 Å². The van der Waals surface area contributed by atoms with Crippen molar-refractivity contribution >= 4 is 5.97 Å². The van der Waals surface area contributed by atoms with Crippen molar-refractivity contribution in [3.05, 3.63) is 52.7 Å². The van der Waals surface area contributed by atoms with Crippen LogP contribution in [0, 0.1) is 11.8 Å². The number of carbonyl (C=O) groups is 1. The molecule has 1 saturated carbocycles. The summed E-state index contributed by atoms with van der Waals surface area (Å²) in [5, 5.41) is 11.7. The van der Waals surface area contributed by atoms with Crippen LogP contribution in [0.15, 0.2) is 30.5 Å². The molecule has 3 aliphatic rings. The molecule has 1 aliphatic carbocycles. The summed E-state index contributed by atoms with van der Waals surface area (Å²) >= 11 is 0. The number of carboxylic acids is 1. The van der Waals surface area contributed by atoms with Crippen molar-refractivity contribution in [2.75, 3.05) is 20.2 Å². The van der Waals surface area contributed by atoms with E-state index in [9.17, 15) is 23.1 Å². The Morgan fingerprint density at radius 2 is 1.87 bits per heavy atom. The Hall–Kier alpha value is -1.81. The van der Waals surface area contributed by atoms with Gasteiger partial charge < -0.3 is 19.4 Å². The molecule has 5 rings (SSSR count). The van der Waals surface area contributed by atoms with Crippen LogP contribution in [0.1, 0.15) is 80.2 Å². The number of carbonyl (C=O) groups excluding carboxylic acids is 1. The summed E-state index contributed by atoms with van der Waals surface area (Å²) < 4.78 is 52.9. The van der Waals surface area contributed by atoms with Crippen molar-refractivity contribution in [2.45, 2.75) is 76.1 Å². The number of rotatable bonds is 7. The average molecular weight is 555 g/mol. The van der Waals surface area contributed by atoms with Gasteiger partial charge in [-0.2, -0.15) is 13.2 Å². The number of halogens is 3. The molecule has 2 aliphatic heterocycles. The maximum atomic E-state index is 13.7. The van der Waals surface area contributed by atoms with Gasteiger partial charge in [0, 0.05) is 43.3 Å². The van der Waals surface area contributed by atoms with Gasteiger partial charge in [0.05, 0.1) is 12.7 Å². The minimum absolute atomic E-state index is 0. The van der Waals surface area contributed by atoms with Gasteiger partial charge in [-0.25, -0.2) is 4.98 Å². The van der Waals surface area contributed by atoms with Crippen molar-refractivity contribution in [1.29, 1.82) is 0 Å². The van der Waals surface area contributed by atoms with E-state index in [1.807, 2.05) is 12.1 Å². The number of aryl methyl sites for hydroxylation is 1. The largest absolute Gasteiger partial charge is 1.00 e. The average Bonchev–Trinajstić information content (AvgIpc) is 3.73. The molecule has 2 aromatic rings. The maximum Gasteiger partial charge on any atom is 1.00 e. The SMILES string of the molecule is COc1cc(C(C)N2CCC3(CCc4ccc([C@H](C5CC5)[C@H](C)C(=O)[O-])cc4O3)CC2)c(C(F)(F)F)cn1.[Na+]. The summed E-state index contributed by atoms with van der Waals surface area (Å²) in [6, 6.07) is 7.03. The van der Waals surface area contributed by atoms with Crippen LogP contribution < -0.4 is 44.1 Å². The number of hydrogen-bond donors (Lipinski definition) is 0. The van der Waals surface area contributed by atoms with E-state index in [2.05, 4.69) is 16.0 Å². The third-order valence-corrected chi connectivity index (χ3v) is 8.83. The van der Waals surface area contributed by atoms with E-state index in [-0.39, 0.29) is 52.5 Å². The number of hydrogen-bond acceptors (Lipinski definition) is 6. The molecule has 1 aromatic heterocycles. The molecule has 1 saturated heterocycles. The van der Waals surface area contributed by atoms with Crippen molar-refractivity contribution in [2.24, 2.45) is 11.8 Å². The van der Waals surface area contributed by atoms with Gasteiger partial charge in [0.2, 0.25) is 5.88 Å². The number of pyridine rings is 1. The number of nitrogens with zero attached hydrogens (tertiary/aromatic N) is 2. The summed E-state index contributed by atoms with van der Waals surface area (Å²) in [6.45, 7) is 4.72. The number of benzene rings is 1. The molecule has 2 fully saturated rings. The van der Waals surface area contributed by atoms with Crippen LogP contribution >= 0.6 is 0 Å². The van der Waals surface area contributed by atoms with Crippen LogP contribution in [0.25, 0.3) is 0 Å². The summed E-state index contributed by atoms with van der Waals surface area (Å²) in [5.74, 6) is -0.361. The molecular formula is C29H34F3N2NaO4. The zero-order chi connectivity index (χ0) is 27.2. The summed E-state index contributed by atoms with van der Waals surface area (Å²) in [4.78, 5) is 17.5. The van der Waals surface area contributed by atoms with Gasteiger partial charge in [0.15, 0.2) is 0 Å². The molecular weight excluding hydrogens is 520 g/mol. The fraction of sp³-hybridized carbons (Fsp3) is 0.586. The Kier molecular flexibility index (Phi) is 8.96. The van der Waals surface area contributed by atoms with Gasteiger partial charge in [0.25, 0.3) is 0 Å². The fourth-order valence-electron chi connectivity index (χ4n) is 6.31. The van der Waals surface area contributed by atoms with Crippen molar-refractivity contribution in [3.63, 3.8) is 0 Å². The van der Waals surface area contributed by atoms with Crippen molar-refractivity contribution in [1.82, 2.24) is 9.88 Å². The van der Waals surface area contributed by atoms with Gasteiger partial charge in [-0.05, 0) is 80.0 Å². The van der Waals surface area contributed by atoms with Crippen LogP contribution in [-0.2, 0) is 17.4 Å². The zero-order valence-corrected chi connectivity index (χ0v) is 25.0. The smallest absolute Gasteiger partial charge is 0.550 e. The van der Waals surface area contributed by atoms with Crippen LogP contribution in [-0.4, -0.2) is 41.7 Å². The Balaban J connectivity index is 0.00000353. The minimum atomic E-state index is -4.50. The minimum Gasteiger partial charge on any atom is -0.550 e. The number of piperidine rings is 1. The predicted octanol–water partition coefficient (Wildman–Crippen LogP) is 1.91. The van der Waals surface area contributed by atoms with E-state index in [4.69, 9.17) is 9.47 Å². The second kappa shape index (κ2) is 11.6. The van der Waals surface area contributed by atoms with E-state index in [1.165, 1.54) is 13.2 Å². The van der Waals surface area contributed by atoms with E-state index in [1.54, 1.807) is 13.8 Å². The molecule has 0 bridgehead atoms. The first kappa shape index (κ1) is 30.2. The van der Waals surface area contributed by atoms with Gasteiger partial charge in [-0.15, -0.1) is 0 Å². The number of likely N-dealkylation sites (tertiary alicyclic amines) is 1. The third-order valence-electron chi connectivity index (χ3n) is 8.83. The first-order valence-corrected chi connectivity index (χ1v) is 13.4. The van der Waals surface area contributed by atoms with E-state index >= 15 is 0 Å². The normalized spacial score (nSPS) is 21.2. The molecule has 10 heteroatoms. The number of aromatic nitrogens is 1. The van der Waals surface area contributed by atoms with Crippen LogP contribution in [0.4, 0.5) is 13.2 Å².